The minimum absolute atomic E-state index is 0.545. The van der Waals surface area contributed by atoms with E-state index in [1.54, 1.807) is 13.8 Å². The first-order chi connectivity index (χ1) is 5.97. The number of halogens is 1. The molecule has 1 rings (SSSR count). The predicted octanol–water partition coefficient (Wildman–Crippen LogP) is 2.63. The quantitative estimate of drug-likeness (QED) is 0.856. The number of hydrogen-bond acceptors (Lipinski definition) is 2. The minimum atomic E-state index is -0.678. The summed E-state index contributed by atoms with van der Waals surface area (Å²) in [7, 11) is 0. The SMILES string of the molecule is CC(C)(O)CNc1cccc(Br)c1. The Morgan fingerprint density at radius 2 is 2.15 bits per heavy atom. The van der Waals surface area contributed by atoms with Crippen LogP contribution in [-0.2, 0) is 0 Å². The molecule has 0 aliphatic heterocycles. The Morgan fingerprint density at radius 1 is 1.46 bits per heavy atom. The van der Waals surface area contributed by atoms with Gasteiger partial charge in [-0.15, -0.1) is 0 Å². The smallest absolute Gasteiger partial charge is 0.0763 e. The van der Waals surface area contributed by atoms with Crippen molar-refractivity contribution in [3.8, 4) is 0 Å². The summed E-state index contributed by atoms with van der Waals surface area (Å²) in [5.74, 6) is 0. The van der Waals surface area contributed by atoms with E-state index >= 15 is 0 Å². The summed E-state index contributed by atoms with van der Waals surface area (Å²) in [4.78, 5) is 0. The van der Waals surface area contributed by atoms with E-state index in [0.29, 0.717) is 6.54 Å². The van der Waals surface area contributed by atoms with Crippen molar-refractivity contribution < 1.29 is 5.11 Å². The highest BCUT2D eigenvalue weighted by molar-refractivity contribution is 9.10. The van der Waals surface area contributed by atoms with Gasteiger partial charge in [-0.2, -0.15) is 0 Å². The molecule has 0 heterocycles. The van der Waals surface area contributed by atoms with Gasteiger partial charge >= 0.3 is 0 Å². The minimum Gasteiger partial charge on any atom is -0.389 e. The van der Waals surface area contributed by atoms with Crippen LogP contribution in [0.2, 0.25) is 0 Å². The zero-order valence-corrected chi connectivity index (χ0v) is 9.43. The molecular formula is C10H14BrNO. The summed E-state index contributed by atoms with van der Waals surface area (Å²) in [6.07, 6.45) is 0. The number of benzene rings is 1. The van der Waals surface area contributed by atoms with Gasteiger partial charge in [0.05, 0.1) is 5.60 Å². The maximum atomic E-state index is 9.47. The van der Waals surface area contributed by atoms with Crippen LogP contribution in [0.25, 0.3) is 0 Å². The molecule has 0 aliphatic carbocycles. The number of rotatable bonds is 3. The molecule has 0 saturated carbocycles. The van der Waals surface area contributed by atoms with Crippen molar-refractivity contribution in [3.63, 3.8) is 0 Å². The molecule has 13 heavy (non-hydrogen) atoms. The van der Waals surface area contributed by atoms with Gasteiger partial charge in [0, 0.05) is 16.7 Å². The maximum Gasteiger partial charge on any atom is 0.0763 e. The Kier molecular flexibility index (Phi) is 3.33. The van der Waals surface area contributed by atoms with Gasteiger partial charge in [-0.05, 0) is 32.0 Å². The van der Waals surface area contributed by atoms with Crippen LogP contribution in [-0.4, -0.2) is 17.3 Å². The molecule has 1 aromatic rings. The first-order valence-electron chi connectivity index (χ1n) is 4.19. The molecule has 0 aromatic heterocycles. The maximum absolute atomic E-state index is 9.47. The summed E-state index contributed by atoms with van der Waals surface area (Å²) in [6, 6.07) is 7.87. The Hall–Kier alpha value is -0.540. The predicted molar refractivity (Wildman–Crippen MR) is 58.9 cm³/mol. The summed E-state index contributed by atoms with van der Waals surface area (Å²) >= 11 is 3.38. The molecule has 2 nitrogen and oxygen atoms in total. The summed E-state index contributed by atoms with van der Waals surface area (Å²) in [6.45, 7) is 4.10. The van der Waals surface area contributed by atoms with Crippen LogP contribution >= 0.6 is 15.9 Å². The van der Waals surface area contributed by atoms with Crippen molar-refractivity contribution in [2.45, 2.75) is 19.4 Å². The Morgan fingerprint density at radius 3 is 2.69 bits per heavy atom. The Bertz CT molecular complexity index is 280. The van der Waals surface area contributed by atoms with E-state index in [1.807, 2.05) is 24.3 Å². The number of anilines is 1. The average molecular weight is 244 g/mol. The second-order valence-corrected chi connectivity index (χ2v) is 4.59. The van der Waals surface area contributed by atoms with Crippen LogP contribution in [0.4, 0.5) is 5.69 Å². The molecule has 72 valence electrons. The lowest BCUT2D eigenvalue weighted by Gasteiger charge is -2.18. The zero-order valence-electron chi connectivity index (χ0n) is 7.84. The fourth-order valence-electron chi connectivity index (χ4n) is 0.917. The van der Waals surface area contributed by atoms with Crippen molar-refractivity contribution in [3.05, 3.63) is 28.7 Å². The largest absolute Gasteiger partial charge is 0.389 e. The van der Waals surface area contributed by atoms with E-state index < -0.39 is 5.60 Å². The molecule has 0 fully saturated rings. The molecule has 0 bridgehead atoms. The van der Waals surface area contributed by atoms with Crippen LogP contribution in [0, 0.1) is 0 Å². The van der Waals surface area contributed by atoms with Gasteiger partial charge in [0.1, 0.15) is 0 Å². The Balaban J connectivity index is 2.55. The van der Waals surface area contributed by atoms with Crippen LogP contribution in [0.3, 0.4) is 0 Å². The van der Waals surface area contributed by atoms with E-state index in [9.17, 15) is 5.11 Å². The third kappa shape index (κ3) is 4.29. The zero-order chi connectivity index (χ0) is 9.90. The van der Waals surface area contributed by atoms with Gasteiger partial charge in [0.2, 0.25) is 0 Å². The normalized spacial score (nSPS) is 11.4. The number of aliphatic hydroxyl groups is 1. The molecule has 0 amide bonds. The molecule has 2 N–H and O–H groups in total. The van der Waals surface area contributed by atoms with Crippen molar-refractivity contribution >= 4 is 21.6 Å². The number of nitrogens with one attached hydrogen (secondary N) is 1. The molecule has 0 unspecified atom stereocenters. The third-order valence-electron chi connectivity index (χ3n) is 1.55. The van der Waals surface area contributed by atoms with Crippen molar-refractivity contribution in [1.29, 1.82) is 0 Å². The first kappa shape index (κ1) is 10.5. The molecule has 0 atom stereocenters. The van der Waals surface area contributed by atoms with Gasteiger partial charge < -0.3 is 10.4 Å². The molecule has 0 spiro atoms. The molecule has 0 saturated heterocycles. The van der Waals surface area contributed by atoms with Gasteiger partial charge in [-0.25, -0.2) is 0 Å². The monoisotopic (exact) mass is 243 g/mol. The molecular weight excluding hydrogens is 230 g/mol. The molecule has 0 radical (unpaired) electrons. The molecule has 1 aromatic carbocycles. The van der Waals surface area contributed by atoms with E-state index in [2.05, 4.69) is 21.2 Å². The summed E-state index contributed by atoms with van der Waals surface area (Å²) in [5, 5.41) is 12.6. The fraction of sp³-hybridized carbons (Fsp3) is 0.400. The highest BCUT2D eigenvalue weighted by Gasteiger charge is 2.11. The lowest BCUT2D eigenvalue weighted by Crippen LogP contribution is -2.29. The van der Waals surface area contributed by atoms with Crippen molar-refractivity contribution in [2.24, 2.45) is 0 Å². The van der Waals surface area contributed by atoms with Crippen LogP contribution in [0.1, 0.15) is 13.8 Å². The van der Waals surface area contributed by atoms with Gasteiger partial charge in [-0.3, -0.25) is 0 Å². The van der Waals surface area contributed by atoms with E-state index in [0.717, 1.165) is 10.2 Å². The lowest BCUT2D eigenvalue weighted by atomic mass is 10.1. The average Bonchev–Trinajstić information content (AvgIpc) is 2.00. The van der Waals surface area contributed by atoms with Gasteiger partial charge in [0.25, 0.3) is 0 Å². The van der Waals surface area contributed by atoms with Gasteiger partial charge in [0.15, 0.2) is 0 Å². The van der Waals surface area contributed by atoms with E-state index in [-0.39, 0.29) is 0 Å². The third-order valence-corrected chi connectivity index (χ3v) is 2.04. The van der Waals surface area contributed by atoms with Crippen LogP contribution in [0.5, 0.6) is 0 Å². The van der Waals surface area contributed by atoms with E-state index in [4.69, 9.17) is 0 Å². The van der Waals surface area contributed by atoms with Crippen molar-refractivity contribution in [1.82, 2.24) is 0 Å². The van der Waals surface area contributed by atoms with Gasteiger partial charge in [-0.1, -0.05) is 22.0 Å². The topological polar surface area (TPSA) is 32.3 Å². The fourth-order valence-corrected chi connectivity index (χ4v) is 1.32. The highest BCUT2D eigenvalue weighted by atomic mass is 79.9. The van der Waals surface area contributed by atoms with Crippen molar-refractivity contribution in [2.75, 3.05) is 11.9 Å². The summed E-state index contributed by atoms with van der Waals surface area (Å²) < 4.78 is 1.04. The molecule has 0 aliphatic rings. The lowest BCUT2D eigenvalue weighted by molar-refractivity contribution is 0.0945. The molecule has 3 heteroatoms. The second kappa shape index (κ2) is 4.11. The first-order valence-corrected chi connectivity index (χ1v) is 4.98. The van der Waals surface area contributed by atoms with Crippen LogP contribution in [0.15, 0.2) is 28.7 Å². The van der Waals surface area contributed by atoms with E-state index in [1.165, 1.54) is 0 Å². The van der Waals surface area contributed by atoms with Crippen LogP contribution < -0.4 is 5.32 Å². The second-order valence-electron chi connectivity index (χ2n) is 3.68. The number of hydrogen-bond donors (Lipinski definition) is 2. The Labute approximate surface area is 87.1 Å². The summed E-state index contributed by atoms with van der Waals surface area (Å²) in [5.41, 5.74) is 0.332. The highest BCUT2D eigenvalue weighted by Crippen LogP contribution is 2.16. The standard InChI is InChI=1S/C10H14BrNO/c1-10(2,13)7-12-9-5-3-4-8(11)6-9/h3-6,12-13H,7H2,1-2H3.